The Morgan fingerprint density at radius 2 is 1.46 bits per heavy atom. The molecule has 1 saturated carbocycles. The molecule has 1 heterocycles. The summed E-state index contributed by atoms with van der Waals surface area (Å²) in [6.45, 7) is 4.23. The van der Waals surface area contributed by atoms with Gasteiger partial charge in [0.15, 0.2) is 0 Å². The summed E-state index contributed by atoms with van der Waals surface area (Å²) in [5, 5.41) is 3.46. The molecule has 2 fully saturated rings. The first-order valence-electron chi connectivity index (χ1n) is 9.03. The molecule has 1 N–H and O–H groups in total. The molecule has 0 aromatic heterocycles. The molecular formula is C19H32Cl2N2O3. The van der Waals surface area contributed by atoms with Gasteiger partial charge in [-0.3, -0.25) is 4.90 Å². The lowest BCUT2D eigenvalue weighted by Crippen LogP contribution is -2.46. The minimum absolute atomic E-state index is 0. The highest BCUT2D eigenvalue weighted by Crippen LogP contribution is 2.47. The lowest BCUT2D eigenvalue weighted by molar-refractivity contribution is 0.120. The number of piperazine rings is 1. The van der Waals surface area contributed by atoms with Gasteiger partial charge in [0, 0.05) is 44.4 Å². The zero-order valence-electron chi connectivity index (χ0n) is 16.0. The number of hydrogen-bond acceptors (Lipinski definition) is 5. The molecular weight excluding hydrogens is 375 g/mol. The third-order valence-electron chi connectivity index (χ3n) is 5.44. The average molecular weight is 407 g/mol. The van der Waals surface area contributed by atoms with Crippen molar-refractivity contribution >= 4 is 24.8 Å². The molecule has 1 aromatic carbocycles. The summed E-state index contributed by atoms with van der Waals surface area (Å²) in [4.78, 5) is 2.61. The molecule has 0 bridgehead atoms. The van der Waals surface area contributed by atoms with Crippen LogP contribution in [0.3, 0.4) is 0 Å². The molecule has 1 atom stereocenters. The predicted molar refractivity (Wildman–Crippen MR) is 110 cm³/mol. The Balaban J connectivity index is 0.00000169. The van der Waals surface area contributed by atoms with Crippen LogP contribution in [-0.4, -0.2) is 52.4 Å². The fourth-order valence-electron chi connectivity index (χ4n) is 4.27. The number of rotatable bonds is 6. The fourth-order valence-corrected chi connectivity index (χ4v) is 4.27. The zero-order chi connectivity index (χ0) is 16.9. The Bertz CT molecular complexity index is 523. The number of methoxy groups -OCH3 is 3. The van der Waals surface area contributed by atoms with E-state index in [-0.39, 0.29) is 24.8 Å². The van der Waals surface area contributed by atoms with Crippen LogP contribution in [0.5, 0.6) is 17.2 Å². The van der Waals surface area contributed by atoms with E-state index < -0.39 is 0 Å². The monoisotopic (exact) mass is 406 g/mol. The van der Waals surface area contributed by atoms with Crippen molar-refractivity contribution in [3.63, 3.8) is 0 Å². The molecule has 7 heteroatoms. The van der Waals surface area contributed by atoms with Crippen LogP contribution in [0.2, 0.25) is 0 Å². The molecule has 2 aliphatic rings. The van der Waals surface area contributed by atoms with Gasteiger partial charge in [-0.15, -0.1) is 24.8 Å². The van der Waals surface area contributed by atoms with E-state index in [1.807, 2.05) is 12.1 Å². The summed E-state index contributed by atoms with van der Waals surface area (Å²) in [7, 11) is 5.15. The van der Waals surface area contributed by atoms with Gasteiger partial charge in [-0.2, -0.15) is 0 Å². The molecule has 1 saturated heterocycles. The van der Waals surface area contributed by atoms with Gasteiger partial charge >= 0.3 is 0 Å². The summed E-state index contributed by atoms with van der Waals surface area (Å²) in [6.07, 6.45) is 5.22. The predicted octanol–water partition coefficient (Wildman–Crippen LogP) is 3.69. The third-order valence-corrected chi connectivity index (χ3v) is 5.44. The van der Waals surface area contributed by atoms with Gasteiger partial charge in [-0.25, -0.2) is 0 Å². The smallest absolute Gasteiger partial charge is 0.131 e. The quantitative estimate of drug-likeness (QED) is 0.779. The van der Waals surface area contributed by atoms with Gasteiger partial charge in [0.1, 0.15) is 17.2 Å². The SMILES string of the molecule is COc1cc(OC)c([C@H](C2CCCC2)N2CCNCC2)c(OC)c1.Cl.Cl. The lowest BCUT2D eigenvalue weighted by Gasteiger charge is -2.39. The summed E-state index contributed by atoms with van der Waals surface area (Å²) >= 11 is 0. The second kappa shape index (κ2) is 11.1. The van der Waals surface area contributed by atoms with Crippen molar-refractivity contribution in [3.05, 3.63) is 17.7 Å². The van der Waals surface area contributed by atoms with Crippen LogP contribution in [0.15, 0.2) is 12.1 Å². The highest BCUT2D eigenvalue weighted by Gasteiger charge is 2.36. The molecule has 0 unspecified atom stereocenters. The van der Waals surface area contributed by atoms with Crippen molar-refractivity contribution < 1.29 is 14.2 Å². The van der Waals surface area contributed by atoms with Gasteiger partial charge in [0.2, 0.25) is 0 Å². The molecule has 0 radical (unpaired) electrons. The largest absolute Gasteiger partial charge is 0.496 e. The van der Waals surface area contributed by atoms with Crippen molar-refractivity contribution in [2.24, 2.45) is 5.92 Å². The van der Waals surface area contributed by atoms with Crippen LogP contribution in [0.25, 0.3) is 0 Å². The second-order valence-electron chi connectivity index (χ2n) is 6.72. The Morgan fingerprint density at radius 1 is 0.923 bits per heavy atom. The van der Waals surface area contributed by atoms with E-state index in [0.29, 0.717) is 12.0 Å². The average Bonchev–Trinajstić information content (AvgIpc) is 3.17. The molecule has 0 amide bonds. The van der Waals surface area contributed by atoms with E-state index in [1.165, 1.54) is 31.2 Å². The van der Waals surface area contributed by atoms with E-state index in [1.54, 1.807) is 21.3 Å². The van der Waals surface area contributed by atoms with Gasteiger partial charge in [-0.1, -0.05) is 12.8 Å². The Morgan fingerprint density at radius 3 is 1.92 bits per heavy atom. The van der Waals surface area contributed by atoms with Crippen LogP contribution >= 0.6 is 24.8 Å². The normalized spacial score (nSPS) is 19.2. The molecule has 150 valence electrons. The molecule has 5 nitrogen and oxygen atoms in total. The fraction of sp³-hybridized carbons (Fsp3) is 0.684. The van der Waals surface area contributed by atoms with Gasteiger partial charge < -0.3 is 19.5 Å². The summed E-state index contributed by atoms with van der Waals surface area (Å²) in [5.41, 5.74) is 1.19. The second-order valence-corrected chi connectivity index (χ2v) is 6.72. The van der Waals surface area contributed by atoms with Crippen LogP contribution in [0.4, 0.5) is 0 Å². The number of hydrogen-bond donors (Lipinski definition) is 1. The van der Waals surface area contributed by atoms with Crippen molar-refractivity contribution in [3.8, 4) is 17.2 Å². The van der Waals surface area contributed by atoms with E-state index in [2.05, 4.69) is 10.2 Å². The number of nitrogens with one attached hydrogen (secondary N) is 1. The van der Waals surface area contributed by atoms with Gasteiger partial charge in [0.25, 0.3) is 0 Å². The minimum Gasteiger partial charge on any atom is -0.496 e. The van der Waals surface area contributed by atoms with E-state index in [9.17, 15) is 0 Å². The van der Waals surface area contributed by atoms with Crippen LogP contribution in [0.1, 0.15) is 37.3 Å². The zero-order valence-corrected chi connectivity index (χ0v) is 17.6. The van der Waals surface area contributed by atoms with E-state index in [0.717, 1.165) is 43.4 Å². The maximum Gasteiger partial charge on any atom is 0.131 e. The van der Waals surface area contributed by atoms with Crippen LogP contribution in [0, 0.1) is 5.92 Å². The Labute approximate surface area is 169 Å². The standard InChI is InChI=1S/C19H30N2O3.2ClH/c1-22-15-12-16(23-2)18(17(13-15)24-3)19(14-6-4-5-7-14)21-10-8-20-9-11-21;;/h12-14,19-20H,4-11H2,1-3H3;2*1H/t19-;;/m0../s1. The number of ether oxygens (including phenoxy) is 3. The highest BCUT2D eigenvalue weighted by molar-refractivity contribution is 5.85. The first-order chi connectivity index (χ1) is 11.8. The van der Waals surface area contributed by atoms with Gasteiger partial charge in [-0.05, 0) is 18.8 Å². The van der Waals surface area contributed by atoms with Crippen LogP contribution in [-0.2, 0) is 0 Å². The third kappa shape index (κ3) is 4.89. The maximum atomic E-state index is 5.76. The summed E-state index contributed by atoms with van der Waals surface area (Å²) in [6, 6.07) is 4.33. The molecule has 1 aromatic rings. The lowest BCUT2D eigenvalue weighted by atomic mass is 9.88. The molecule has 0 spiro atoms. The summed E-state index contributed by atoms with van der Waals surface area (Å²) in [5.74, 6) is 3.19. The number of nitrogens with zero attached hydrogens (tertiary/aromatic N) is 1. The van der Waals surface area contributed by atoms with Crippen molar-refractivity contribution in [1.82, 2.24) is 10.2 Å². The van der Waals surface area contributed by atoms with Crippen molar-refractivity contribution in [2.75, 3.05) is 47.5 Å². The maximum absolute atomic E-state index is 5.76. The number of benzene rings is 1. The van der Waals surface area contributed by atoms with Crippen LogP contribution < -0.4 is 19.5 Å². The van der Waals surface area contributed by atoms with E-state index >= 15 is 0 Å². The van der Waals surface area contributed by atoms with E-state index in [4.69, 9.17) is 14.2 Å². The molecule has 1 aliphatic carbocycles. The topological polar surface area (TPSA) is 43.0 Å². The molecule has 26 heavy (non-hydrogen) atoms. The van der Waals surface area contributed by atoms with Crippen molar-refractivity contribution in [1.29, 1.82) is 0 Å². The van der Waals surface area contributed by atoms with Crippen molar-refractivity contribution in [2.45, 2.75) is 31.7 Å². The number of halogens is 2. The molecule has 3 rings (SSSR count). The first kappa shape index (κ1) is 23.2. The Kier molecular flexibility index (Phi) is 9.86. The summed E-state index contributed by atoms with van der Waals surface area (Å²) < 4.78 is 16.9. The minimum atomic E-state index is 0. The Hall–Kier alpha value is -0.880. The van der Waals surface area contributed by atoms with Gasteiger partial charge in [0.05, 0.1) is 26.9 Å². The molecule has 1 aliphatic heterocycles. The highest BCUT2D eigenvalue weighted by atomic mass is 35.5. The first-order valence-corrected chi connectivity index (χ1v) is 9.03.